The fourth-order valence-electron chi connectivity index (χ4n) is 5.98. The molecular weight excluding hydrogens is 777 g/mol. The Morgan fingerprint density at radius 1 is 0.982 bits per heavy atom. The van der Waals surface area contributed by atoms with E-state index < -0.39 is 91.1 Å². The minimum absolute atomic E-state index is 0.0458. The molecule has 1 fully saturated rings. The molecule has 0 saturated carbocycles. The lowest BCUT2D eigenvalue weighted by atomic mass is 9.96. The van der Waals surface area contributed by atoms with Gasteiger partial charge in [-0.05, 0) is 44.0 Å². The third-order valence-electron chi connectivity index (χ3n) is 8.77. The number of rotatable bonds is 20. The van der Waals surface area contributed by atoms with Crippen LogP contribution in [0.1, 0.15) is 39.2 Å². The van der Waals surface area contributed by atoms with E-state index in [1.165, 1.54) is 20.8 Å². The number of carbonyl (C=O) groups excluding carboxylic acids is 5. The number of aliphatic hydroxyl groups excluding tert-OH is 4. The van der Waals surface area contributed by atoms with Crippen molar-refractivity contribution < 1.29 is 53.9 Å². The molecule has 1 saturated heterocycles. The molecule has 2 unspecified atom stereocenters. The normalized spacial score (nSPS) is 21.5. The predicted octanol–water partition coefficient (Wildman–Crippen LogP) is -0.968. The maximum absolute atomic E-state index is 13.2. The van der Waals surface area contributed by atoms with Gasteiger partial charge in [0.2, 0.25) is 29.5 Å². The van der Waals surface area contributed by atoms with Crippen molar-refractivity contribution in [1.82, 2.24) is 20.9 Å². The molecule has 0 aliphatic carbocycles. The van der Waals surface area contributed by atoms with Gasteiger partial charge in [0.15, 0.2) is 6.29 Å². The molecule has 56 heavy (non-hydrogen) atoms. The van der Waals surface area contributed by atoms with Crippen molar-refractivity contribution >= 4 is 64.1 Å². The Morgan fingerprint density at radius 2 is 1.61 bits per heavy atom. The lowest BCUT2D eigenvalue weighted by Gasteiger charge is -2.44. The number of primary amides is 1. The lowest BCUT2D eigenvalue weighted by molar-refractivity contribution is -0.268. The van der Waals surface area contributed by atoms with Crippen LogP contribution in [0.5, 0.6) is 0 Å². The number of nitrogens with one attached hydrogen (secondary N) is 4. The summed E-state index contributed by atoms with van der Waals surface area (Å²) in [5, 5.41) is 52.8. The third-order valence-corrected chi connectivity index (χ3v) is 9.40. The second-order valence-corrected chi connectivity index (χ2v) is 14.2. The van der Waals surface area contributed by atoms with E-state index in [0.29, 0.717) is 27.0 Å². The third kappa shape index (κ3) is 13.5. The van der Waals surface area contributed by atoms with Gasteiger partial charge in [0.1, 0.15) is 30.4 Å². The van der Waals surface area contributed by atoms with E-state index in [-0.39, 0.29) is 38.9 Å². The van der Waals surface area contributed by atoms with Crippen molar-refractivity contribution in [3.63, 3.8) is 0 Å². The molecular formula is C36H51Cl2N7O11. The van der Waals surface area contributed by atoms with Crippen molar-refractivity contribution in [3.8, 4) is 0 Å². The number of anilines is 2. The monoisotopic (exact) mass is 827 g/mol. The topological polar surface area (TPSA) is 288 Å². The number of carbonyl (C=O) groups is 5. The first-order valence-electron chi connectivity index (χ1n) is 17.8. The Bertz CT molecular complexity index is 1650. The van der Waals surface area contributed by atoms with Crippen molar-refractivity contribution in [2.45, 2.75) is 95.0 Å². The van der Waals surface area contributed by atoms with Gasteiger partial charge in [-0.3, -0.25) is 24.0 Å². The molecule has 0 spiro atoms. The number of benzene rings is 2. The van der Waals surface area contributed by atoms with Crippen molar-refractivity contribution in [1.29, 1.82) is 0 Å². The van der Waals surface area contributed by atoms with Gasteiger partial charge in [0, 0.05) is 38.7 Å². The number of aliphatic hydroxyl groups is 4. The minimum Gasteiger partial charge on any atom is -0.394 e. The maximum atomic E-state index is 13.2. The molecule has 1 aliphatic heterocycles. The SMILES string of the molecule is CC(=O)N[C@@H]1[C@@H](OC(C)CN(C(=O)[C@H](C)N)[C@H](CCC(=O)NCC(O)CNC(=O)Cc2ccccc2Nc2c(Cl)cccc2Cl)C(N)=O)[C@H](O)[C@@H](CO)O[C@@H]1O. The van der Waals surface area contributed by atoms with Crippen molar-refractivity contribution in [3.05, 3.63) is 58.1 Å². The van der Waals surface area contributed by atoms with Crippen LogP contribution in [0.2, 0.25) is 10.0 Å². The van der Waals surface area contributed by atoms with Gasteiger partial charge in [-0.15, -0.1) is 0 Å². The number of hydrogen-bond donors (Lipinski definition) is 10. The number of hydrogen-bond acceptors (Lipinski definition) is 13. The number of halogens is 2. The molecule has 1 heterocycles. The standard InChI is InChI=1S/C36H51Cl2N7O11/c1-18(55-33-31(43-20(3)47)36(54)56-27(17-46)32(33)51)16-45(35(53)19(2)39)26(34(40)52)11-12-28(49)41-14-22(48)15-42-29(50)13-21-7-4-5-10-25(21)44-30-23(37)8-6-9-24(30)38/h4-10,18-19,22,26-27,31-33,36,44,46,48,51,54H,11-17,39H2,1-3H3,(H2,40,52)(H,41,49)(H,42,50)(H,43,47)/t18?,19-,22?,26+,27+,31+,32+,33+,36-/m0/s1. The Balaban J connectivity index is 1.56. The summed E-state index contributed by atoms with van der Waals surface area (Å²) in [5.41, 5.74) is 13.3. The zero-order valence-corrected chi connectivity index (χ0v) is 32.7. The lowest BCUT2D eigenvalue weighted by Crippen LogP contribution is -2.65. The van der Waals surface area contributed by atoms with Crippen molar-refractivity contribution in [2.24, 2.45) is 11.5 Å². The molecule has 2 aromatic rings. The van der Waals surface area contributed by atoms with Gasteiger partial charge in [0.25, 0.3) is 0 Å². The molecule has 20 heteroatoms. The highest BCUT2D eigenvalue weighted by molar-refractivity contribution is 6.39. The summed E-state index contributed by atoms with van der Waals surface area (Å²) >= 11 is 12.6. The van der Waals surface area contributed by atoms with Gasteiger partial charge in [0.05, 0.1) is 47.0 Å². The van der Waals surface area contributed by atoms with Crippen molar-refractivity contribution in [2.75, 3.05) is 31.6 Å². The van der Waals surface area contributed by atoms with Crippen LogP contribution in [0, 0.1) is 0 Å². The summed E-state index contributed by atoms with van der Waals surface area (Å²) in [5.74, 6) is -3.23. The summed E-state index contributed by atoms with van der Waals surface area (Å²) in [6.07, 6.45) is -8.50. The van der Waals surface area contributed by atoms with E-state index >= 15 is 0 Å². The van der Waals surface area contributed by atoms with Gasteiger partial charge < -0.3 is 67.5 Å². The Kier molecular flexibility index (Phi) is 18.2. The molecule has 1 aliphatic rings. The predicted molar refractivity (Wildman–Crippen MR) is 205 cm³/mol. The molecule has 0 radical (unpaired) electrons. The van der Waals surface area contributed by atoms with E-state index in [9.17, 15) is 44.4 Å². The second kappa shape index (κ2) is 22.0. The van der Waals surface area contributed by atoms with Gasteiger partial charge in [-0.2, -0.15) is 0 Å². The Labute approximate surface area is 334 Å². The number of nitrogens with two attached hydrogens (primary N) is 2. The van der Waals surface area contributed by atoms with Crippen LogP contribution >= 0.6 is 23.2 Å². The van der Waals surface area contributed by atoms with Gasteiger partial charge in [-0.25, -0.2) is 0 Å². The summed E-state index contributed by atoms with van der Waals surface area (Å²) in [4.78, 5) is 64.3. The van der Waals surface area contributed by atoms with E-state index in [4.69, 9.17) is 44.1 Å². The van der Waals surface area contributed by atoms with E-state index in [1.54, 1.807) is 42.5 Å². The molecule has 0 bridgehead atoms. The van der Waals surface area contributed by atoms with Crippen LogP contribution in [0.25, 0.3) is 0 Å². The minimum atomic E-state index is -1.66. The highest BCUT2D eigenvalue weighted by Crippen LogP contribution is 2.33. The summed E-state index contributed by atoms with van der Waals surface area (Å²) in [7, 11) is 0. The van der Waals surface area contributed by atoms with E-state index in [2.05, 4.69) is 21.3 Å². The van der Waals surface area contributed by atoms with Crippen LogP contribution in [0.4, 0.5) is 11.4 Å². The average molecular weight is 829 g/mol. The first-order valence-corrected chi connectivity index (χ1v) is 18.6. The molecule has 5 amide bonds. The average Bonchev–Trinajstić information content (AvgIpc) is 3.13. The second-order valence-electron chi connectivity index (χ2n) is 13.4. The van der Waals surface area contributed by atoms with Crippen LogP contribution in [-0.4, -0.2) is 136 Å². The van der Waals surface area contributed by atoms with E-state index in [0.717, 1.165) is 4.90 Å². The largest absolute Gasteiger partial charge is 0.394 e. The smallest absolute Gasteiger partial charge is 0.240 e. The summed E-state index contributed by atoms with van der Waals surface area (Å²) < 4.78 is 11.2. The quantitative estimate of drug-likeness (QED) is 0.0770. The van der Waals surface area contributed by atoms with Crippen LogP contribution in [-0.2, 0) is 39.9 Å². The first-order chi connectivity index (χ1) is 26.4. The Hall–Kier alpha value is -4.11. The van der Waals surface area contributed by atoms with Gasteiger partial charge in [-0.1, -0.05) is 47.5 Å². The zero-order chi connectivity index (χ0) is 41.7. The molecule has 12 N–H and O–H groups in total. The molecule has 0 aromatic heterocycles. The Morgan fingerprint density at radius 3 is 2.20 bits per heavy atom. The summed E-state index contributed by atoms with van der Waals surface area (Å²) in [6.45, 7) is 2.61. The molecule has 18 nitrogen and oxygen atoms in total. The van der Waals surface area contributed by atoms with Crippen LogP contribution in [0.15, 0.2) is 42.5 Å². The van der Waals surface area contributed by atoms with Gasteiger partial charge >= 0.3 is 0 Å². The highest BCUT2D eigenvalue weighted by Gasteiger charge is 2.46. The molecule has 310 valence electrons. The summed E-state index contributed by atoms with van der Waals surface area (Å²) in [6, 6.07) is 8.40. The number of nitrogens with zero attached hydrogens (tertiary/aromatic N) is 1. The highest BCUT2D eigenvalue weighted by atomic mass is 35.5. The molecule has 2 aromatic carbocycles. The first kappa shape index (κ1) is 46.3. The van der Waals surface area contributed by atoms with Crippen LogP contribution in [0.3, 0.4) is 0 Å². The number of amides is 5. The number of para-hydroxylation sites is 2. The fourth-order valence-corrected chi connectivity index (χ4v) is 6.47. The van der Waals surface area contributed by atoms with E-state index in [1.807, 2.05) is 0 Å². The fraction of sp³-hybridized carbons (Fsp3) is 0.528. The maximum Gasteiger partial charge on any atom is 0.240 e. The zero-order valence-electron chi connectivity index (χ0n) is 31.2. The molecule has 9 atom stereocenters. The van der Waals surface area contributed by atoms with Crippen LogP contribution < -0.4 is 32.7 Å². The number of ether oxygens (including phenoxy) is 2. The molecule has 3 rings (SSSR count).